The number of nitrogens with one attached hydrogen (secondary N) is 1. The number of benzene rings is 1. The molecule has 7 heteroatoms. The maximum absolute atomic E-state index is 12.3. The van der Waals surface area contributed by atoms with E-state index in [0.717, 1.165) is 11.4 Å². The van der Waals surface area contributed by atoms with E-state index in [4.69, 9.17) is 9.47 Å². The van der Waals surface area contributed by atoms with E-state index in [9.17, 15) is 4.79 Å². The van der Waals surface area contributed by atoms with Crippen molar-refractivity contribution in [3.8, 4) is 5.75 Å². The van der Waals surface area contributed by atoms with Crippen LogP contribution in [0.1, 0.15) is 10.4 Å². The summed E-state index contributed by atoms with van der Waals surface area (Å²) in [5.74, 6) is 1.49. The molecule has 3 rings (SSSR count). The number of morpholine rings is 1. The number of anilines is 2. The summed E-state index contributed by atoms with van der Waals surface area (Å²) in [5.41, 5.74) is 1.50. The number of carbonyl (C=O) groups excluding carboxylic acids is 1. The number of pyridine rings is 1. The van der Waals surface area contributed by atoms with Gasteiger partial charge in [0.15, 0.2) is 0 Å². The highest BCUT2D eigenvalue weighted by atomic mass is 35.5. The fourth-order valence-corrected chi connectivity index (χ4v) is 2.37. The predicted octanol–water partition coefficient (Wildman–Crippen LogP) is 2.73. The van der Waals surface area contributed by atoms with Crippen LogP contribution in [0.15, 0.2) is 42.6 Å². The van der Waals surface area contributed by atoms with Crippen molar-refractivity contribution in [1.29, 1.82) is 0 Å². The quantitative estimate of drug-likeness (QED) is 0.919. The Balaban J connectivity index is 0.00000208. The van der Waals surface area contributed by atoms with Gasteiger partial charge in [0, 0.05) is 25.0 Å². The zero-order valence-corrected chi connectivity index (χ0v) is 14.2. The summed E-state index contributed by atoms with van der Waals surface area (Å²) in [6.07, 6.45) is 1.60. The first-order chi connectivity index (χ1) is 11.3. The van der Waals surface area contributed by atoms with E-state index in [0.29, 0.717) is 37.7 Å². The van der Waals surface area contributed by atoms with Crippen LogP contribution in [-0.4, -0.2) is 49.2 Å². The highest BCUT2D eigenvalue weighted by molar-refractivity contribution is 5.94. The molecule has 0 bridgehead atoms. The molecule has 1 aromatic carbocycles. The monoisotopic (exact) mass is 349 g/mol. The molecule has 24 heavy (non-hydrogen) atoms. The number of carbonyl (C=O) groups is 1. The fraction of sp³-hybridized carbons (Fsp3) is 0.294. The molecule has 128 valence electrons. The largest absolute Gasteiger partial charge is 0.497 e. The summed E-state index contributed by atoms with van der Waals surface area (Å²) in [6.45, 7) is 2.45. The molecule has 1 saturated heterocycles. The van der Waals surface area contributed by atoms with Gasteiger partial charge in [0.2, 0.25) is 0 Å². The first-order valence-corrected chi connectivity index (χ1v) is 7.50. The van der Waals surface area contributed by atoms with Gasteiger partial charge in [-0.25, -0.2) is 4.98 Å². The summed E-state index contributed by atoms with van der Waals surface area (Å²) in [7, 11) is 1.63. The van der Waals surface area contributed by atoms with Crippen LogP contribution < -0.4 is 10.1 Å². The minimum atomic E-state index is -0.00297. The second-order valence-electron chi connectivity index (χ2n) is 5.19. The van der Waals surface area contributed by atoms with Crippen LogP contribution in [0.5, 0.6) is 5.75 Å². The van der Waals surface area contributed by atoms with Crippen molar-refractivity contribution in [3.05, 3.63) is 48.2 Å². The number of amides is 1. The smallest absolute Gasteiger partial charge is 0.255 e. The molecule has 1 amide bonds. The lowest BCUT2D eigenvalue weighted by molar-refractivity contribution is 0.0302. The van der Waals surface area contributed by atoms with E-state index in [2.05, 4.69) is 10.3 Å². The van der Waals surface area contributed by atoms with E-state index in [1.807, 2.05) is 24.3 Å². The average molecular weight is 350 g/mol. The van der Waals surface area contributed by atoms with Gasteiger partial charge in [-0.15, -0.1) is 12.4 Å². The Morgan fingerprint density at radius 3 is 2.46 bits per heavy atom. The van der Waals surface area contributed by atoms with Crippen molar-refractivity contribution in [2.45, 2.75) is 0 Å². The maximum atomic E-state index is 12.3. The third-order valence-electron chi connectivity index (χ3n) is 3.67. The minimum absolute atomic E-state index is 0. The van der Waals surface area contributed by atoms with E-state index in [-0.39, 0.29) is 18.3 Å². The van der Waals surface area contributed by atoms with Gasteiger partial charge in [0.05, 0.1) is 25.9 Å². The lowest BCUT2D eigenvalue weighted by atomic mass is 10.2. The van der Waals surface area contributed by atoms with Gasteiger partial charge >= 0.3 is 0 Å². The van der Waals surface area contributed by atoms with Crippen LogP contribution in [-0.2, 0) is 4.74 Å². The summed E-state index contributed by atoms with van der Waals surface area (Å²) >= 11 is 0. The molecule has 1 aliphatic rings. The third-order valence-corrected chi connectivity index (χ3v) is 3.67. The van der Waals surface area contributed by atoms with Crippen LogP contribution >= 0.6 is 12.4 Å². The molecule has 1 aromatic heterocycles. The second kappa shape index (κ2) is 8.52. The Morgan fingerprint density at radius 2 is 1.88 bits per heavy atom. The van der Waals surface area contributed by atoms with E-state index < -0.39 is 0 Å². The normalized spacial score (nSPS) is 13.8. The van der Waals surface area contributed by atoms with E-state index >= 15 is 0 Å². The molecule has 0 unspecified atom stereocenters. The van der Waals surface area contributed by atoms with Crippen LogP contribution in [0.25, 0.3) is 0 Å². The van der Waals surface area contributed by atoms with Crippen molar-refractivity contribution in [2.24, 2.45) is 0 Å². The molecular weight excluding hydrogens is 330 g/mol. The van der Waals surface area contributed by atoms with Crippen LogP contribution in [0.4, 0.5) is 11.5 Å². The van der Waals surface area contributed by atoms with Gasteiger partial charge in [0.25, 0.3) is 5.91 Å². The molecule has 0 radical (unpaired) electrons. The Bertz CT molecular complexity index is 656. The standard InChI is InChI=1S/C17H19N3O3.ClH/c1-22-15-5-3-14(4-6-15)19-16-7-2-13(12-18-16)17(21)20-8-10-23-11-9-20;/h2-7,12H,8-11H2,1H3,(H,18,19);1H. The van der Waals surface area contributed by atoms with Crippen molar-refractivity contribution in [2.75, 3.05) is 38.7 Å². The van der Waals surface area contributed by atoms with Crippen LogP contribution in [0, 0.1) is 0 Å². The predicted molar refractivity (Wildman–Crippen MR) is 94.5 cm³/mol. The Morgan fingerprint density at radius 1 is 1.17 bits per heavy atom. The number of hydrogen-bond donors (Lipinski definition) is 1. The fourth-order valence-electron chi connectivity index (χ4n) is 2.37. The van der Waals surface area contributed by atoms with Crippen LogP contribution in [0.2, 0.25) is 0 Å². The zero-order chi connectivity index (χ0) is 16.1. The van der Waals surface area contributed by atoms with Gasteiger partial charge in [-0.05, 0) is 36.4 Å². The molecule has 1 aliphatic heterocycles. The highest BCUT2D eigenvalue weighted by Crippen LogP contribution is 2.19. The molecule has 0 spiro atoms. The molecule has 0 aliphatic carbocycles. The molecule has 0 atom stereocenters. The summed E-state index contributed by atoms with van der Waals surface area (Å²) in [5, 5.41) is 3.19. The number of halogens is 1. The van der Waals surface area contributed by atoms with Gasteiger partial charge < -0.3 is 19.7 Å². The maximum Gasteiger partial charge on any atom is 0.255 e. The first kappa shape index (κ1) is 18.0. The SMILES string of the molecule is COc1ccc(Nc2ccc(C(=O)N3CCOCC3)cn2)cc1.Cl. The molecule has 6 nitrogen and oxygen atoms in total. The number of ether oxygens (including phenoxy) is 2. The Labute approximate surface area is 147 Å². The Hall–Kier alpha value is -2.31. The van der Waals surface area contributed by atoms with Crippen molar-refractivity contribution < 1.29 is 14.3 Å². The number of aromatic nitrogens is 1. The number of methoxy groups -OCH3 is 1. The lowest BCUT2D eigenvalue weighted by Crippen LogP contribution is -2.40. The Kier molecular flexibility index (Phi) is 6.40. The molecule has 2 heterocycles. The van der Waals surface area contributed by atoms with Gasteiger partial charge in [-0.1, -0.05) is 0 Å². The number of rotatable bonds is 4. The molecular formula is C17H20ClN3O3. The molecule has 2 aromatic rings. The molecule has 1 N–H and O–H groups in total. The number of hydrogen-bond acceptors (Lipinski definition) is 5. The van der Waals surface area contributed by atoms with Crippen molar-refractivity contribution in [1.82, 2.24) is 9.88 Å². The average Bonchev–Trinajstić information content (AvgIpc) is 2.63. The summed E-state index contributed by atoms with van der Waals surface area (Å²) in [6, 6.07) is 11.2. The van der Waals surface area contributed by atoms with E-state index in [1.54, 1.807) is 30.3 Å². The first-order valence-electron chi connectivity index (χ1n) is 7.50. The zero-order valence-electron chi connectivity index (χ0n) is 13.4. The molecule has 0 saturated carbocycles. The van der Waals surface area contributed by atoms with Gasteiger partial charge in [-0.3, -0.25) is 4.79 Å². The number of nitrogens with zero attached hydrogens (tertiary/aromatic N) is 2. The van der Waals surface area contributed by atoms with Crippen LogP contribution in [0.3, 0.4) is 0 Å². The topological polar surface area (TPSA) is 63.7 Å². The van der Waals surface area contributed by atoms with Gasteiger partial charge in [-0.2, -0.15) is 0 Å². The lowest BCUT2D eigenvalue weighted by Gasteiger charge is -2.26. The van der Waals surface area contributed by atoms with E-state index in [1.165, 1.54) is 0 Å². The summed E-state index contributed by atoms with van der Waals surface area (Å²) in [4.78, 5) is 18.4. The minimum Gasteiger partial charge on any atom is -0.497 e. The van der Waals surface area contributed by atoms with Crippen molar-refractivity contribution >= 4 is 29.8 Å². The highest BCUT2D eigenvalue weighted by Gasteiger charge is 2.18. The third kappa shape index (κ3) is 4.37. The van der Waals surface area contributed by atoms with Crippen molar-refractivity contribution in [3.63, 3.8) is 0 Å². The van der Waals surface area contributed by atoms with Gasteiger partial charge in [0.1, 0.15) is 11.6 Å². The summed E-state index contributed by atoms with van der Waals surface area (Å²) < 4.78 is 10.4. The second-order valence-corrected chi connectivity index (χ2v) is 5.19. The molecule has 1 fully saturated rings.